The molecule has 2 heterocycles. The molecule has 0 bridgehead atoms. The fourth-order valence-corrected chi connectivity index (χ4v) is 2.56. The van der Waals surface area contributed by atoms with Gasteiger partial charge in [0.15, 0.2) is 0 Å². The molecule has 10 heteroatoms. The number of hydrogen-bond donors (Lipinski definition) is 2. The lowest BCUT2D eigenvalue weighted by molar-refractivity contribution is -0.113. The van der Waals surface area contributed by atoms with Crippen LogP contribution in [-0.2, 0) is 4.79 Å². The summed E-state index contributed by atoms with van der Waals surface area (Å²) in [6.07, 6.45) is 1.12. The van der Waals surface area contributed by atoms with Gasteiger partial charge in [-0.25, -0.2) is 0 Å². The predicted octanol–water partition coefficient (Wildman–Crippen LogP) is 1.20. The number of aromatic amines is 1. The van der Waals surface area contributed by atoms with Crippen molar-refractivity contribution in [2.75, 3.05) is 11.1 Å². The van der Waals surface area contributed by atoms with E-state index < -0.39 is 0 Å². The first-order valence-electron chi connectivity index (χ1n) is 6.11. The normalized spacial score (nSPS) is 10.8. The summed E-state index contributed by atoms with van der Waals surface area (Å²) in [5.74, 6) is 0.132. The van der Waals surface area contributed by atoms with Crippen molar-refractivity contribution in [2.45, 2.75) is 5.16 Å². The molecule has 112 valence electrons. The van der Waals surface area contributed by atoms with Gasteiger partial charge in [0, 0.05) is 10.7 Å². The number of aromatic nitrogens is 5. The van der Waals surface area contributed by atoms with Crippen molar-refractivity contribution in [1.82, 2.24) is 24.8 Å². The number of hydrogen-bond acceptors (Lipinski definition) is 6. The molecule has 1 amide bonds. The first kappa shape index (κ1) is 14.5. The van der Waals surface area contributed by atoms with E-state index in [0.29, 0.717) is 15.9 Å². The van der Waals surface area contributed by atoms with Crippen LogP contribution in [0.1, 0.15) is 0 Å². The standard InChI is InChI=1S/C12H9ClN6O2S/c13-7-2-1-3-8(4-7)15-10(21)6-22-12-18-17-11-16-9(20)5-14-19(11)12/h1-5H,6H2,(H,15,21)(H,16,17,20). The van der Waals surface area contributed by atoms with Crippen LogP contribution < -0.4 is 10.9 Å². The number of benzene rings is 1. The molecular weight excluding hydrogens is 328 g/mol. The number of thioether (sulfide) groups is 1. The van der Waals surface area contributed by atoms with Gasteiger partial charge in [0.2, 0.25) is 11.1 Å². The third-order valence-electron chi connectivity index (χ3n) is 2.58. The summed E-state index contributed by atoms with van der Waals surface area (Å²) < 4.78 is 1.36. The molecule has 22 heavy (non-hydrogen) atoms. The molecule has 1 aromatic carbocycles. The summed E-state index contributed by atoms with van der Waals surface area (Å²) in [7, 11) is 0. The lowest BCUT2D eigenvalue weighted by Crippen LogP contribution is -2.14. The van der Waals surface area contributed by atoms with E-state index in [-0.39, 0.29) is 23.0 Å². The second-order valence-corrected chi connectivity index (χ2v) is 5.58. The largest absolute Gasteiger partial charge is 0.325 e. The number of carbonyl (C=O) groups is 1. The van der Waals surface area contributed by atoms with Crippen molar-refractivity contribution in [2.24, 2.45) is 0 Å². The number of carbonyl (C=O) groups excluding carboxylic acids is 1. The molecule has 0 spiro atoms. The first-order chi connectivity index (χ1) is 10.6. The molecule has 0 aliphatic carbocycles. The molecule has 8 nitrogen and oxygen atoms in total. The molecule has 0 fully saturated rings. The minimum atomic E-state index is -0.366. The van der Waals surface area contributed by atoms with Gasteiger partial charge in [0.1, 0.15) is 6.20 Å². The molecule has 0 saturated heterocycles. The maximum absolute atomic E-state index is 11.9. The van der Waals surface area contributed by atoms with Crippen LogP contribution in [-0.4, -0.2) is 36.5 Å². The van der Waals surface area contributed by atoms with Crippen molar-refractivity contribution in [1.29, 1.82) is 0 Å². The van der Waals surface area contributed by atoms with E-state index in [1.807, 2.05) is 0 Å². The molecule has 2 aromatic heterocycles. The number of anilines is 1. The Morgan fingerprint density at radius 2 is 2.27 bits per heavy atom. The highest BCUT2D eigenvalue weighted by Gasteiger charge is 2.11. The average Bonchev–Trinajstić information content (AvgIpc) is 2.87. The van der Waals surface area contributed by atoms with E-state index in [1.54, 1.807) is 24.3 Å². The van der Waals surface area contributed by atoms with Crippen LogP contribution in [0.4, 0.5) is 5.69 Å². The molecule has 0 unspecified atom stereocenters. The van der Waals surface area contributed by atoms with E-state index >= 15 is 0 Å². The molecule has 0 radical (unpaired) electrons. The van der Waals surface area contributed by atoms with Crippen LogP contribution in [0.2, 0.25) is 5.02 Å². The predicted molar refractivity (Wildman–Crippen MR) is 82.2 cm³/mol. The second-order valence-electron chi connectivity index (χ2n) is 4.20. The van der Waals surface area contributed by atoms with Crippen LogP contribution >= 0.6 is 23.4 Å². The Balaban J connectivity index is 1.66. The van der Waals surface area contributed by atoms with E-state index in [9.17, 15) is 9.59 Å². The number of H-pyrrole nitrogens is 1. The zero-order valence-corrected chi connectivity index (χ0v) is 12.6. The number of amides is 1. The Hall–Kier alpha value is -2.39. The Kier molecular flexibility index (Phi) is 4.07. The van der Waals surface area contributed by atoms with Gasteiger partial charge < -0.3 is 5.32 Å². The van der Waals surface area contributed by atoms with Crippen LogP contribution in [0, 0.1) is 0 Å². The van der Waals surface area contributed by atoms with Gasteiger partial charge in [0.05, 0.1) is 5.75 Å². The summed E-state index contributed by atoms with van der Waals surface area (Å²) in [5.41, 5.74) is 0.252. The minimum Gasteiger partial charge on any atom is -0.325 e. The molecular formula is C12H9ClN6O2S. The van der Waals surface area contributed by atoms with Crippen LogP contribution in [0.15, 0.2) is 40.4 Å². The molecule has 0 aliphatic rings. The molecule has 3 aromatic rings. The van der Waals surface area contributed by atoms with E-state index in [4.69, 9.17) is 11.6 Å². The summed E-state index contributed by atoms with van der Waals surface area (Å²) >= 11 is 7.00. The highest BCUT2D eigenvalue weighted by atomic mass is 35.5. The van der Waals surface area contributed by atoms with Gasteiger partial charge in [-0.3, -0.25) is 14.6 Å². The number of nitrogens with one attached hydrogen (secondary N) is 2. The summed E-state index contributed by atoms with van der Waals surface area (Å²) in [4.78, 5) is 25.5. The smallest absolute Gasteiger partial charge is 0.271 e. The van der Waals surface area contributed by atoms with E-state index in [2.05, 4.69) is 25.6 Å². The maximum atomic E-state index is 11.9. The first-order valence-corrected chi connectivity index (χ1v) is 7.47. The highest BCUT2D eigenvalue weighted by molar-refractivity contribution is 7.99. The number of halogens is 1. The Bertz CT molecular complexity index is 892. The topological polar surface area (TPSA) is 105 Å². The fraction of sp³-hybridized carbons (Fsp3) is 0.0833. The molecule has 2 N–H and O–H groups in total. The van der Waals surface area contributed by atoms with Crippen molar-refractivity contribution in [3.8, 4) is 0 Å². The van der Waals surface area contributed by atoms with Gasteiger partial charge in [-0.05, 0) is 18.2 Å². The second kappa shape index (κ2) is 6.16. The van der Waals surface area contributed by atoms with E-state index in [1.165, 1.54) is 4.52 Å². The van der Waals surface area contributed by atoms with Crippen LogP contribution in [0.25, 0.3) is 5.78 Å². The zero-order chi connectivity index (χ0) is 15.5. The van der Waals surface area contributed by atoms with Crippen molar-refractivity contribution >= 4 is 40.7 Å². The van der Waals surface area contributed by atoms with Gasteiger partial charge in [-0.15, -0.1) is 10.2 Å². The van der Waals surface area contributed by atoms with E-state index in [0.717, 1.165) is 18.0 Å². The minimum absolute atomic E-state index is 0.119. The summed E-state index contributed by atoms with van der Waals surface area (Å²) in [6, 6.07) is 6.87. The van der Waals surface area contributed by atoms with Gasteiger partial charge in [-0.1, -0.05) is 29.4 Å². The average molecular weight is 337 g/mol. The monoisotopic (exact) mass is 336 g/mol. The molecule has 0 aliphatic heterocycles. The van der Waals surface area contributed by atoms with Gasteiger partial charge in [-0.2, -0.15) is 9.61 Å². The van der Waals surface area contributed by atoms with Crippen LogP contribution in [0.3, 0.4) is 0 Å². The lowest BCUT2D eigenvalue weighted by atomic mass is 10.3. The lowest BCUT2D eigenvalue weighted by Gasteiger charge is -2.04. The maximum Gasteiger partial charge on any atom is 0.271 e. The molecule has 3 rings (SSSR count). The third-order valence-corrected chi connectivity index (χ3v) is 3.73. The Morgan fingerprint density at radius 3 is 3.09 bits per heavy atom. The zero-order valence-electron chi connectivity index (χ0n) is 11.0. The summed E-state index contributed by atoms with van der Waals surface area (Å²) in [5, 5.41) is 15.2. The van der Waals surface area contributed by atoms with Gasteiger partial charge >= 0.3 is 0 Å². The van der Waals surface area contributed by atoms with Crippen LogP contribution in [0.5, 0.6) is 0 Å². The SMILES string of the molecule is O=C(CSc1nnc2[nH]c(=O)cnn12)Nc1cccc(Cl)c1. The van der Waals surface area contributed by atoms with Gasteiger partial charge in [0.25, 0.3) is 11.3 Å². The third kappa shape index (κ3) is 3.26. The highest BCUT2D eigenvalue weighted by Crippen LogP contribution is 2.17. The number of rotatable bonds is 4. The molecule has 0 saturated carbocycles. The Morgan fingerprint density at radius 1 is 1.41 bits per heavy atom. The number of fused-ring (bicyclic) bond motifs is 1. The van der Waals surface area contributed by atoms with Crippen molar-refractivity contribution in [3.63, 3.8) is 0 Å². The summed E-state index contributed by atoms with van der Waals surface area (Å²) in [6.45, 7) is 0. The fourth-order valence-electron chi connectivity index (χ4n) is 1.68. The van der Waals surface area contributed by atoms with Crippen molar-refractivity contribution in [3.05, 3.63) is 45.8 Å². The molecule has 0 atom stereocenters. The Labute approximate surface area is 132 Å². The quantitative estimate of drug-likeness (QED) is 0.693. The number of nitrogens with zero attached hydrogens (tertiary/aromatic N) is 4. The van der Waals surface area contributed by atoms with Crippen molar-refractivity contribution < 1.29 is 4.79 Å².